The fourth-order valence-electron chi connectivity index (χ4n) is 2.99. The summed E-state index contributed by atoms with van der Waals surface area (Å²) in [7, 11) is 0. The van der Waals surface area contributed by atoms with E-state index in [1.165, 1.54) is 4.68 Å². The van der Waals surface area contributed by atoms with Crippen molar-refractivity contribution in [3.05, 3.63) is 83.7 Å². The predicted octanol–water partition coefficient (Wildman–Crippen LogP) is 1.83. The molecule has 2 amide bonds. The maximum absolute atomic E-state index is 13.0. The van der Waals surface area contributed by atoms with Crippen LogP contribution < -0.4 is 11.1 Å². The van der Waals surface area contributed by atoms with Crippen LogP contribution in [0.25, 0.3) is 5.69 Å². The molecule has 0 aliphatic rings. The number of nitrogens with zero attached hydrogens (tertiary/aromatic N) is 2. The molecular weight excluding hydrogens is 368 g/mol. The van der Waals surface area contributed by atoms with Crippen molar-refractivity contribution >= 4 is 17.6 Å². The Hall–Kier alpha value is -3.74. The topological polar surface area (TPSA) is 107 Å². The normalized spacial score (nSPS) is 11.6. The summed E-state index contributed by atoms with van der Waals surface area (Å²) in [5.74, 6) is -2.43. The first kappa shape index (κ1) is 20.0. The first-order valence-corrected chi connectivity index (χ1v) is 9.32. The molecule has 1 heterocycles. The van der Waals surface area contributed by atoms with Gasteiger partial charge in [0.15, 0.2) is 0 Å². The second kappa shape index (κ2) is 8.97. The third kappa shape index (κ3) is 4.76. The van der Waals surface area contributed by atoms with Gasteiger partial charge in [0, 0.05) is 6.42 Å². The minimum Gasteiger partial charge on any atom is -0.363 e. The summed E-state index contributed by atoms with van der Waals surface area (Å²) in [5, 5.41) is 7.13. The molecule has 29 heavy (non-hydrogen) atoms. The molecule has 1 aromatic heterocycles. The Morgan fingerprint density at radius 3 is 2.24 bits per heavy atom. The van der Waals surface area contributed by atoms with Gasteiger partial charge in [-0.2, -0.15) is 5.10 Å². The minimum atomic E-state index is -1.09. The fourth-order valence-corrected chi connectivity index (χ4v) is 2.99. The molecular formula is C22H22N4O3. The standard InChI is InChI=1S/C22H22N4O3/c1-2-16-14-19(26(25-16)17-11-7-4-8-12-17)22(29)24-18(20(27)21(23)28)13-15-9-5-3-6-10-15/h3-12,14,18H,2,13H2,1H3,(H2,23,28)(H,24,29)/t18-/m0/s1. The van der Waals surface area contributed by atoms with Crippen molar-refractivity contribution in [3.63, 3.8) is 0 Å². The Morgan fingerprint density at radius 2 is 1.66 bits per heavy atom. The molecule has 0 saturated carbocycles. The molecule has 3 rings (SSSR count). The molecule has 7 heteroatoms. The molecule has 0 saturated heterocycles. The number of primary amides is 1. The van der Waals surface area contributed by atoms with Crippen molar-refractivity contribution in [3.8, 4) is 5.69 Å². The number of hydrogen-bond donors (Lipinski definition) is 2. The van der Waals surface area contributed by atoms with E-state index in [1.807, 2.05) is 67.6 Å². The number of aromatic nitrogens is 2. The van der Waals surface area contributed by atoms with Crippen LogP contribution in [0.5, 0.6) is 0 Å². The van der Waals surface area contributed by atoms with E-state index in [0.29, 0.717) is 6.42 Å². The van der Waals surface area contributed by atoms with Gasteiger partial charge in [-0.15, -0.1) is 0 Å². The number of hydrogen-bond acceptors (Lipinski definition) is 4. The second-order valence-electron chi connectivity index (χ2n) is 6.57. The van der Waals surface area contributed by atoms with Crippen LogP contribution in [-0.2, 0) is 22.4 Å². The first-order valence-electron chi connectivity index (χ1n) is 9.32. The molecule has 0 fully saturated rings. The highest BCUT2D eigenvalue weighted by Crippen LogP contribution is 2.14. The lowest BCUT2D eigenvalue weighted by atomic mass is 10.0. The van der Waals surface area contributed by atoms with E-state index in [2.05, 4.69) is 10.4 Å². The van der Waals surface area contributed by atoms with Crippen molar-refractivity contribution in [1.29, 1.82) is 0 Å². The quantitative estimate of drug-likeness (QED) is 0.572. The number of amides is 2. The summed E-state index contributed by atoms with van der Waals surface area (Å²) in [6.45, 7) is 1.94. The molecule has 1 atom stereocenters. The molecule has 3 aromatic rings. The van der Waals surface area contributed by atoms with Crippen LogP contribution in [0.2, 0.25) is 0 Å². The molecule has 0 aliphatic heterocycles. The van der Waals surface area contributed by atoms with E-state index in [0.717, 1.165) is 16.9 Å². The molecule has 0 aliphatic carbocycles. The number of benzene rings is 2. The predicted molar refractivity (Wildman–Crippen MR) is 109 cm³/mol. The second-order valence-corrected chi connectivity index (χ2v) is 6.57. The zero-order valence-corrected chi connectivity index (χ0v) is 16.0. The number of nitrogens with one attached hydrogen (secondary N) is 1. The summed E-state index contributed by atoms with van der Waals surface area (Å²) in [6.07, 6.45) is 0.808. The van der Waals surface area contributed by atoms with Crippen molar-refractivity contribution in [2.24, 2.45) is 5.73 Å². The molecule has 0 unspecified atom stereocenters. The van der Waals surface area contributed by atoms with Gasteiger partial charge in [-0.1, -0.05) is 55.5 Å². The molecule has 7 nitrogen and oxygen atoms in total. The minimum absolute atomic E-state index is 0.161. The van der Waals surface area contributed by atoms with Gasteiger partial charge < -0.3 is 11.1 Å². The number of carbonyl (C=O) groups excluding carboxylic acids is 3. The van der Waals surface area contributed by atoms with E-state index in [1.54, 1.807) is 6.07 Å². The number of ketones is 1. The summed E-state index contributed by atoms with van der Waals surface area (Å²) in [5.41, 5.74) is 7.74. The highest BCUT2D eigenvalue weighted by molar-refractivity contribution is 6.38. The zero-order chi connectivity index (χ0) is 20.8. The largest absolute Gasteiger partial charge is 0.363 e. The third-order valence-corrected chi connectivity index (χ3v) is 4.50. The lowest BCUT2D eigenvalue weighted by Crippen LogP contribution is -2.47. The fraction of sp³-hybridized carbons (Fsp3) is 0.182. The lowest BCUT2D eigenvalue weighted by molar-refractivity contribution is -0.137. The van der Waals surface area contributed by atoms with Gasteiger partial charge in [0.2, 0.25) is 5.78 Å². The van der Waals surface area contributed by atoms with Crippen LogP contribution in [0, 0.1) is 0 Å². The lowest BCUT2D eigenvalue weighted by Gasteiger charge is -2.17. The van der Waals surface area contributed by atoms with Crippen LogP contribution in [0.15, 0.2) is 66.7 Å². The van der Waals surface area contributed by atoms with Crippen molar-refractivity contribution in [1.82, 2.24) is 15.1 Å². The molecule has 148 valence electrons. The highest BCUT2D eigenvalue weighted by Gasteiger charge is 2.27. The van der Waals surface area contributed by atoms with Gasteiger partial charge in [-0.25, -0.2) is 4.68 Å². The van der Waals surface area contributed by atoms with E-state index in [-0.39, 0.29) is 12.1 Å². The van der Waals surface area contributed by atoms with Crippen LogP contribution in [0.3, 0.4) is 0 Å². The van der Waals surface area contributed by atoms with Gasteiger partial charge in [0.05, 0.1) is 11.4 Å². The van der Waals surface area contributed by atoms with E-state index in [9.17, 15) is 14.4 Å². The summed E-state index contributed by atoms with van der Waals surface area (Å²) < 4.78 is 1.53. The van der Waals surface area contributed by atoms with Crippen LogP contribution in [0.1, 0.15) is 28.7 Å². The zero-order valence-electron chi connectivity index (χ0n) is 16.0. The molecule has 0 spiro atoms. The van der Waals surface area contributed by atoms with Gasteiger partial charge in [-0.05, 0) is 30.2 Å². The van der Waals surface area contributed by atoms with Gasteiger partial charge in [0.25, 0.3) is 11.8 Å². The van der Waals surface area contributed by atoms with Crippen molar-refractivity contribution in [2.75, 3.05) is 0 Å². The molecule has 0 bridgehead atoms. The monoisotopic (exact) mass is 390 g/mol. The molecule has 3 N–H and O–H groups in total. The Bertz CT molecular complexity index is 1010. The average molecular weight is 390 g/mol. The Balaban J connectivity index is 1.90. The summed E-state index contributed by atoms with van der Waals surface area (Å²) >= 11 is 0. The number of Topliss-reactive ketones (excluding diaryl/α,β-unsaturated/α-hetero) is 1. The number of aryl methyl sites for hydroxylation is 1. The van der Waals surface area contributed by atoms with E-state index < -0.39 is 23.6 Å². The summed E-state index contributed by atoms with van der Waals surface area (Å²) in [4.78, 5) is 36.8. The van der Waals surface area contributed by atoms with Crippen LogP contribution in [0.4, 0.5) is 0 Å². The van der Waals surface area contributed by atoms with Gasteiger partial charge >= 0.3 is 0 Å². The van der Waals surface area contributed by atoms with Crippen LogP contribution >= 0.6 is 0 Å². The highest BCUT2D eigenvalue weighted by atomic mass is 16.2. The number of nitrogens with two attached hydrogens (primary N) is 1. The van der Waals surface area contributed by atoms with Crippen molar-refractivity contribution in [2.45, 2.75) is 25.8 Å². The Kier molecular flexibility index (Phi) is 6.19. The molecule has 0 radical (unpaired) electrons. The number of rotatable bonds is 8. The van der Waals surface area contributed by atoms with E-state index in [4.69, 9.17) is 5.73 Å². The number of para-hydroxylation sites is 1. The first-order chi connectivity index (χ1) is 14.0. The summed E-state index contributed by atoms with van der Waals surface area (Å²) in [6, 6.07) is 19.0. The van der Waals surface area contributed by atoms with E-state index >= 15 is 0 Å². The van der Waals surface area contributed by atoms with Crippen molar-refractivity contribution < 1.29 is 14.4 Å². The Labute approximate surface area is 168 Å². The maximum Gasteiger partial charge on any atom is 0.287 e. The maximum atomic E-state index is 13.0. The van der Waals surface area contributed by atoms with Crippen LogP contribution in [-0.4, -0.2) is 33.4 Å². The third-order valence-electron chi connectivity index (χ3n) is 4.50. The number of carbonyl (C=O) groups is 3. The average Bonchev–Trinajstić information content (AvgIpc) is 3.19. The van der Waals surface area contributed by atoms with Gasteiger partial charge in [-0.3, -0.25) is 14.4 Å². The van der Waals surface area contributed by atoms with Gasteiger partial charge in [0.1, 0.15) is 11.7 Å². The SMILES string of the molecule is CCc1cc(C(=O)N[C@@H](Cc2ccccc2)C(=O)C(N)=O)n(-c2ccccc2)n1. The molecule has 2 aromatic carbocycles. The smallest absolute Gasteiger partial charge is 0.287 e. The Morgan fingerprint density at radius 1 is 1.03 bits per heavy atom.